The molecule has 0 fully saturated rings. The first kappa shape index (κ1) is 20.9. The van der Waals surface area contributed by atoms with Crippen LogP contribution in [0.4, 0.5) is 5.69 Å². The minimum atomic E-state index is -0.0899. The molecule has 0 unspecified atom stereocenters. The molecule has 0 atom stereocenters. The van der Waals surface area contributed by atoms with Gasteiger partial charge in [-0.2, -0.15) is 0 Å². The number of nitrogens with one attached hydrogen (secondary N) is 2. The predicted octanol–water partition coefficient (Wildman–Crippen LogP) is 2.47. The van der Waals surface area contributed by atoms with Crippen molar-refractivity contribution in [2.24, 2.45) is 0 Å². The first-order chi connectivity index (χ1) is 10.6. The number of carbonyl (C=O) groups excluding carboxylic acids is 2. The van der Waals surface area contributed by atoms with Crippen LogP contribution >= 0.6 is 12.4 Å². The van der Waals surface area contributed by atoms with Crippen molar-refractivity contribution >= 4 is 29.9 Å². The highest BCUT2D eigenvalue weighted by atomic mass is 35.5. The van der Waals surface area contributed by atoms with Gasteiger partial charge in [0.15, 0.2) is 0 Å². The summed E-state index contributed by atoms with van der Waals surface area (Å²) in [5.74, 6) is -0.152. The lowest BCUT2D eigenvalue weighted by atomic mass is 10.1. The molecule has 6 heteroatoms. The number of halogens is 1. The van der Waals surface area contributed by atoms with Gasteiger partial charge < -0.3 is 15.5 Å². The minimum absolute atomic E-state index is 0. The quantitative estimate of drug-likeness (QED) is 0.680. The van der Waals surface area contributed by atoms with Gasteiger partial charge in [-0.3, -0.25) is 9.59 Å². The van der Waals surface area contributed by atoms with Crippen molar-refractivity contribution in [1.29, 1.82) is 0 Å². The van der Waals surface area contributed by atoms with Gasteiger partial charge >= 0.3 is 0 Å². The van der Waals surface area contributed by atoms with Crippen LogP contribution in [0.3, 0.4) is 0 Å². The van der Waals surface area contributed by atoms with Crippen LogP contribution in [0.1, 0.15) is 16.8 Å². The molecule has 1 aromatic carbocycles. The second kappa shape index (κ2) is 11.5. The molecule has 0 aliphatic carbocycles. The Morgan fingerprint density at radius 2 is 1.70 bits per heavy atom. The molecule has 5 nitrogen and oxygen atoms in total. The molecular formula is C17H24ClN3O2. The summed E-state index contributed by atoms with van der Waals surface area (Å²) in [7, 11) is 1.80. The summed E-state index contributed by atoms with van der Waals surface area (Å²) in [6.45, 7) is 8.86. The fourth-order valence-electron chi connectivity index (χ4n) is 1.89. The lowest BCUT2D eigenvalue weighted by molar-refractivity contribution is -0.116. The van der Waals surface area contributed by atoms with E-state index < -0.39 is 0 Å². The highest BCUT2D eigenvalue weighted by Gasteiger charge is 2.13. The smallest absolute Gasteiger partial charge is 0.254 e. The van der Waals surface area contributed by atoms with Crippen molar-refractivity contribution in [3.05, 3.63) is 55.1 Å². The topological polar surface area (TPSA) is 61.4 Å². The van der Waals surface area contributed by atoms with E-state index in [2.05, 4.69) is 23.8 Å². The van der Waals surface area contributed by atoms with E-state index in [-0.39, 0.29) is 24.2 Å². The van der Waals surface area contributed by atoms with Crippen molar-refractivity contribution in [2.75, 3.05) is 32.0 Å². The Morgan fingerprint density at radius 3 is 2.17 bits per heavy atom. The standard InChI is InChI=1S/C17H23N3O2.ClH/c1-4-12-20(13-5-2)17(22)14-6-8-15(9-7-14)19-16(21)10-11-18-3;/h4-9,18H,1-2,10-13H2,3H3,(H,19,21);1H. The normalized spacial score (nSPS) is 9.43. The second-order valence-corrected chi connectivity index (χ2v) is 4.77. The van der Waals surface area contributed by atoms with Crippen LogP contribution in [0.5, 0.6) is 0 Å². The Bertz CT molecular complexity index is 519. The van der Waals surface area contributed by atoms with Crippen LogP contribution in [-0.2, 0) is 4.79 Å². The molecule has 0 aliphatic heterocycles. The van der Waals surface area contributed by atoms with Gasteiger partial charge in [-0.05, 0) is 31.3 Å². The highest BCUT2D eigenvalue weighted by Crippen LogP contribution is 2.12. The van der Waals surface area contributed by atoms with Gasteiger partial charge in [0.25, 0.3) is 5.91 Å². The second-order valence-electron chi connectivity index (χ2n) is 4.77. The van der Waals surface area contributed by atoms with Crippen LogP contribution in [0.2, 0.25) is 0 Å². The van der Waals surface area contributed by atoms with Gasteiger partial charge in [0, 0.05) is 37.3 Å². The van der Waals surface area contributed by atoms with E-state index in [0.29, 0.717) is 37.3 Å². The number of anilines is 1. The van der Waals surface area contributed by atoms with Crippen LogP contribution < -0.4 is 10.6 Å². The Kier molecular flexibility index (Phi) is 10.4. The molecule has 0 aliphatic rings. The number of hydrogen-bond acceptors (Lipinski definition) is 3. The van der Waals surface area contributed by atoms with E-state index in [1.807, 2.05) is 0 Å². The summed E-state index contributed by atoms with van der Waals surface area (Å²) < 4.78 is 0. The Labute approximate surface area is 143 Å². The Hall–Kier alpha value is -2.11. The molecule has 2 N–H and O–H groups in total. The average Bonchev–Trinajstić information content (AvgIpc) is 2.53. The van der Waals surface area contributed by atoms with E-state index >= 15 is 0 Å². The molecule has 0 bridgehead atoms. The minimum Gasteiger partial charge on any atom is -0.331 e. The zero-order valence-corrected chi connectivity index (χ0v) is 14.2. The molecule has 0 aromatic heterocycles. The number of hydrogen-bond donors (Lipinski definition) is 2. The maximum Gasteiger partial charge on any atom is 0.254 e. The molecule has 2 amide bonds. The molecule has 23 heavy (non-hydrogen) atoms. The summed E-state index contributed by atoms with van der Waals surface area (Å²) in [6.07, 6.45) is 3.76. The lowest BCUT2D eigenvalue weighted by Crippen LogP contribution is -2.31. The van der Waals surface area contributed by atoms with Crippen LogP contribution in [0.25, 0.3) is 0 Å². The molecule has 0 radical (unpaired) electrons. The van der Waals surface area contributed by atoms with Gasteiger partial charge in [-0.15, -0.1) is 25.6 Å². The number of benzene rings is 1. The summed E-state index contributed by atoms with van der Waals surface area (Å²) in [5.41, 5.74) is 1.24. The first-order valence-corrected chi connectivity index (χ1v) is 7.18. The third-order valence-corrected chi connectivity index (χ3v) is 3.00. The van der Waals surface area contributed by atoms with Gasteiger partial charge in [0.2, 0.25) is 5.91 Å². The van der Waals surface area contributed by atoms with E-state index in [1.54, 1.807) is 48.4 Å². The number of carbonyl (C=O) groups is 2. The molecule has 0 saturated heterocycles. The van der Waals surface area contributed by atoms with Crippen LogP contribution in [0.15, 0.2) is 49.6 Å². The molecule has 126 valence electrons. The maximum absolute atomic E-state index is 12.3. The fourth-order valence-corrected chi connectivity index (χ4v) is 1.89. The van der Waals surface area contributed by atoms with Crippen molar-refractivity contribution in [3.63, 3.8) is 0 Å². The average molecular weight is 338 g/mol. The molecule has 0 spiro atoms. The molecule has 0 saturated carbocycles. The predicted molar refractivity (Wildman–Crippen MR) is 97.2 cm³/mol. The Balaban J connectivity index is 0.00000484. The van der Waals surface area contributed by atoms with Crippen LogP contribution in [-0.4, -0.2) is 43.4 Å². The van der Waals surface area contributed by atoms with Gasteiger partial charge in [-0.25, -0.2) is 0 Å². The maximum atomic E-state index is 12.3. The van der Waals surface area contributed by atoms with Gasteiger partial charge in [-0.1, -0.05) is 12.2 Å². The fraction of sp³-hybridized carbons (Fsp3) is 0.294. The third-order valence-electron chi connectivity index (χ3n) is 3.00. The summed E-state index contributed by atoms with van der Waals surface area (Å²) in [4.78, 5) is 25.6. The van der Waals surface area contributed by atoms with Crippen LogP contribution in [0, 0.1) is 0 Å². The lowest BCUT2D eigenvalue weighted by Gasteiger charge is -2.19. The number of amides is 2. The van der Waals surface area contributed by atoms with Gasteiger partial charge in [0.05, 0.1) is 0 Å². The number of rotatable bonds is 9. The molecular weight excluding hydrogens is 314 g/mol. The van der Waals surface area contributed by atoms with Gasteiger partial charge in [0.1, 0.15) is 0 Å². The van der Waals surface area contributed by atoms with Crippen molar-refractivity contribution in [3.8, 4) is 0 Å². The first-order valence-electron chi connectivity index (χ1n) is 7.18. The van der Waals surface area contributed by atoms with E-state index in [0.717, 1.165) is 0 Å². The SMILES string of the molecule is C=CCN(CC=C)C(=O)c1ccc(NC(=O)CCNC)cc1.Cl. The van der Waals surface area contributed by atoms with E-state index in [9.17, 15) is 9.59 Å². The van der Waals surface area contributed by atoms with Crippen molar-refractivity contribution < 1.29 is 9.59 Å². The molecule has 1 aromatic rings. The largest absolute Gasteiger partial charge is 0.331 e. The summed E-state index contributed by atoms with van der Waals surface area (Å²) in [5, 5.41) is 5.70. The van der Waals surface area contributed by atoms with E-state index in [4.69, 9.17) is 0 Å². The Morgan fingerprint density at radius 1 is 1.13 bits per heavy atom. The van der Waals surface area contributed by atoms with E-state index in [1.165, 1.54) is 0 Å². The number of nitrogens with zero attached hydrogens (tertiary/aromatic N) is 1. The third kappa shape index (κ3) is 7.13. The van der Waals surface area contributed by atoms with Crippen molar-refractivity contribution in [2.45, 2.75) is 6.42 Å². The zero-order valence-electron chi connectivity index (χ0n) is 13.4. The van der Waals surface area contributed by atoms with Crippen molar-refractivity contribution in [1.82, 2.24) is 10.2 Å². The summed E-state index contributed by atoms with van der Waals surface area (Å²) >= 11 is 0. The highest BCUT2D eigenvalue weighted by molar-refractivity contribution is 5.96. The monoisotopic (exact) mass is 337 g/mol. The molecule has 1 rings (SSSR count). The summed E-state index contributed by atoms with van der Waals surface area (Å²) in [6, 6.07) is 6.86. The zero-order chi connectivity index (χ0) is 16.4. The molecule has 0 heterocycles.